The number of benzene rings is 3. The van der Waals surface area contributed by atoms with Gasteiger partial charge in [0.2, 0.25) is 0 Å². The fourth-order valence-electron chi connectivity index (χ4n) is 3.70. The van der Waals surface area contributed by atoms with Crippen LogP contribution in [0.3, 0.4) is 0 Å². The van der Waals surface area contributed by atoms with Crippen molar-refractivity contribution in [1.29, 1.82) is 0 Å². The van der Waals surface area contributed by atoms with Crippen LogP contribution in [0, 0.1) is 0 Å². The molecule has 0 heterocycles. The molecule has 0 amide bonds. The quantitative estimate of drug-likeness (QED) is 0.284. The third-order valence-corrected chi connectivity index (χ3v) is 5.45. The summed E-state index contributed by atoms with van der Waals surface area (Å²) >= 11 is 0. The van der Waals surface area contributed by atoms with E-state index in [1.165, 1.54) is 0 Å². The zero-order valence-corrected chi connectivity index (χ0v) is 19.0. The second kappa shape index (κ2) is 11.3. The Morgan fingerprint density at radius 2 is 1.22 bits per heavy atom. The largest absolute Gasteiger partial charge is 0.419 e. The molecule has 3 aromatic carbocycles. The number of unbranched alkanes of at least 4 members (excludes halogenated alkanes) is 1. The lowest BCUT2D eigenvalue weighted by atomic mass is 9.94. The number of hydrogen-bond acceptors (Lipinski definition) is 4. The number of hydrogen-bond donors (Lipinski definition) is 0. The summed E-state index contributed by atoms with van der Waals surface area (Å²) in [6.45, 7) is 6.19. The van der Waals surface area contributed by atoms with E-state index in [2.05, 4.69) is 13.0 Å². The SMILES string of the molecule is CCCCc1cc(CC)c(OC(=O)c2ccccc2)c(OC(=O)c2ccccc2)c1CC. The Morgan fingerprint density at radius 1 is 0.688 bits per heavy atom. The molecule has 0 radical (unpaired) electrons. The molecule has 0 aromatic heterocycles. The molecule has 3 rings (SSSR count). The Balaban J connectivity index is 2.09. The van der Waals surface area contributed by atoms with Crippen molar-refractivity contribution in [3.63, 3.8) is 0 Å². The van der Waals surface area contributed by atoms with Gasteiger partial charge in [-0.1, -0.05) is 69.7 Å². The van der Waals surface area contributed by atoms with Crippen LogP contribution in [0.25, 0.3) is 0 Å². The first-order valence-electron chi connectivity index (χ1n) is 11.3. The average molecular weight is 431 g/mol. The zero-order chi connectivity index (χ0) is 22.9. The van der Waals surface area contributed by atoms with Gasteiger partial charge in [-0.15, -0.1) is 0 Å². The highest BCUT2D eigenvalue weighted by atomic mass is 16.6. The molecule has 0 unspecified atom stereocenters. The minimum absolute atomic E-state index is 0.336. The normalized spacial score (nSPS) is 10.6. The van der Waals surface area contributed by atoms with Gasteiger partial charge < -0.3 is 9.47 Å². The van der Waals surface area contributed by atoms with Gasteiger partial charge in [-0.3, -0.25) is 0 Å². The van der Waals surface area contributed by atoms with E-state index < -0.39 is 11.9 Å². The van der Waals surface area contributed by atoms with Crippen LogP contribution >= 0.6 is 0 Å². The van der Waals surface area contributed by atoms with Crippen molar-refractivity contribution in [2.24, 2.45) is 0 Å². The minimum Gasteiger partial charge on any atom is -0.419 e. The molecular weight excluding hydrogens is 400 g/mol. The molecule has 0 fully saturated rings. The third-order valence-electron chi connectivity index (χ3n) is 5.45. The highest BCUT2D eigenvalue weighted by Gasteiger charge is 2.24. The molecule has 0 aliphatic heterocycles. The topological polar surface area (TPSA) is 52.6 Å². The molecule has 0 saturated heterocycles. The summed E-state index contributed by atoms with van der Waals surface area (Å²) in [6, 6.07) is 19.8. The monoisotopic (exact) mass is 430 g/mol. The molecule has 0 bridgehead atoms. The Hall–Kier alpha value is -3.40. The standard InChI is InChI=1S/C28H30O4/c1-4-7-14-23-19-20(5-2)25(31-27(29)21-15-10-8-11-16-21)26(24(23)6-3)32-28(30)22-17-12-9-13-18-22/h8-13,15-19H,4-7,14H2,1-3H3. The van der Waals surface area contributed by atoms with Crippen molar-refractivity contribution in [2.45, 2.75) is 52.9 Å². The summed E-state index contributed by atoms with van der Waals surface area (Å²) in [4.78, 5) is 25.8. The van der Waals surface area contributed by atoms with Crippen molar-refractivity contribution in [1.82, 2.24) is 0 Å². The zero-order valence-electron chi connectivity index (χ0n) is 19.0. The van der Waals surface area contributed by atoms with Crippen molar-refractivity contribution in [3.8, 4) is 11.5 Å². The maximum atomic E-state index is 13.0. The van der Waals surface area contributed by atoms with Crippen molar-refractivity contribution in [2.75, 3.05) is 0 Å². The molecule has 0 saturated carbocycles. The van der Waals surface area contributed by atoms with Gasteiger partial charge in [0, 0.05) is 5.56 Å². The molecule has 0 aliphatic rings. The lowest BCUT2D eigenvalue weighted by Crippen LogP contribution is -2.16. The van der Waals surface area contributed by atoms with E-state index in [-0.39, 0.29) is 0 Å². The van der Waals surface area contributed by atoms with E-state index >= 15 is 0 Å². The predicted octanol–water partition coefficient (Wildman–Crippen LogP) is 6.59. The molecule has 0 N–H and O–H groups in total. The fraction of sp³-hybridized carbons (Fsp3) is 0.286. The van der Waals surface area contributed by atoms with Crippen LogP contribution in [0.5, 0.6) is 11.5 Å². The fourth-order valence-corrected chi connectivity index (χ4v) is 3.70. The average Bonchev–Trinajstić information content (AvgIpc) is 2.84. The number of carbonyl (C=O) groups excluding carboxylic acids is 2. The second-order valence-electron chi connectivity index (χ2n) is 7.65. The van der Waals surface area contributed by atoms with Crippen LogP contribution in [0.4, 0.5) is 0 Å². The molecule has 0 spiro atoms. The summed E-state index contributed by atoms with van der Waals surface area (Å²) in [7, 11) is 0. The van der Waals surface area contributed by atoms with Crippen LogP contribution in [-0.2, 0) is 19.3 Å². The second-order valence-corrected chi connectivity index (χ2v) is 7.65. The molecule has 0 atom stereocenters. The summed E-state index contributed by atoms with van der Waals surface area (Å²) in [5.41, 5.74) is 3.81. The van der Waals surface area contributed by atoms with Gasteiger partial charge in [-0.2, -0.15) is 0 Å². The molecule has 4 heteroatoms. The van der Waals surface area contributed by atoms with Crippen LogP contribution in [-0.4, -0.2) is 11.9 Å². The molecule has 3 aromatic rings. The first-order valence-corrected chi connectivity index (χ1v) is 11.3. The minimum atomic E-state index is -0.472. The molecule has 0 aliphatic carbocycles. The van der Waals surface area contributed by atoms with Gasteiger partial charge >= 0.3 is 11.9 Å². The Bertz CT molecular complexity index is 1060. The summed E-state index contributed by atoms with van der Waals surface area (Å²) in [6.07, 6.45) is 4.29. The van der Waals surface area contributed by atoms with E-state index in [0.717, 1.165) is 36.0 Å². The van der Waals surface area contributed by atoms with E-state index in [1.807, 2.05) is 26.0 Å². The van der Waals surface area contributed by atoms with Gasteiger partial charge in [-0.05, 0) is 61.1 Å². The number of ether oxygens (including phenoxy) is 2. The molecular formula is C28H30O4. The third kappa shape index (κ3) is 5.44. The first-order chi connectivity index (χ1) is 15.6. The number of aryl methyl sites for hydroxylation is 2. The lowest BCUT2D eigenvalue weighted by Gasteiger charge is -2.20. The van der Waals surface area contributed by atoms with E-state index in [9.17, 15) is 9.59 Å². The van der Waals surface area contributed by atoms with Crippen molar-refractivity contribution < 1.29 is 19.1 Å². The summed E-state index contributed by atoms with van der Waals surface area (Å²) < 4.78 is 11.8. The van der Waals surface area contributed by atoms with Gasteiger partial charge in [-0.25, -0.2) is 9.59 Å². The van der Waals surface area contributed by atoms with E-state index in [0.29, 0.717) is 35.5 Å². The van der Waals surface area contributed by atoms with Crippen LogP contribution in [0.1, 0.15) is 71.0 Å². The highest BCUT2D eigenvalue weighted by Crippen LogP contribution is 2.40. The lowest BCUT2D eigenvalue weighted by molar-refractivity contribution is 0.0679. The maximum absolute atomic E-state index is 13.0. The van der Waals surface area contributed by atoms with E-state index in [4.69, 9.17) is 9.47 Å². The smallest absolute Gasteiger partial charge is 0.343 e. The van der Waals surface area contributed by atoms with Crippen LogP contribution in [0.15, 0.2) is 66.7 Å². The van der Waals surface area contributed by atoms with Crippen molar-refractivity contribution >= 4 is 11.9 Å². The van der Waals surface area contributed by atoms with Gasteiger partial charge in [0.1, 0.15) is 0 Å². The van der Waals surface area contributed by atoms with Gasteiger partial charge in [0.25, 0.3) is 0 Å². The Morgan fingerprint density at radius 3 is 1.69 bits per heavy atom. The number of carbonyl (C=O) groups is 2. The molecule has 166 valence electrons. The van der Waals surface area contributed by atoms with Crippen molar-refractivity contribution in [3.05, 3.63) is 94.5 Å². The predicted molar refractivity (Wildman–Crippen MR) is 127 cm³/mol. The van der Waals surface area contributed by atoms with E-state index in [1.54, 1.807) is 48.5 Å². The molecule has 4 nitrogen and oxygen atoms in total. The maximum Gasteiger partial charge on any atom is 0.343 e. The molecule has 32 heavy (non-hydrogen) atoms. The highest BCUT2D eigenvalue weighted by molar-refractivity contribution is 5.93. The number of rotatable bonds is 9. The van der Waals surface area contributed by atoms with Crippen LogP contribution < -0.4 is 9.47 Å². The van der Waals surface area contributed by atoms with Crippen LogP contribution in [0.2, 0.25) is 0 Å². The summed E-state index contributed by atoms with van der Waals surface area (Å²) in [5, 5.41) is 0. The Kier molecular flexibility index (Phi) is 8.20. The summed E-state index contributed by atoms with van der Waals surface area (Å²) in [5.74, 6) is -0.244. The van der Waals surface area contributed by atoms with Gasteiger partial charge in [0.05, 0.1) is 11.1 Å². The Labute approximate surface area is 190 Å². The first kappa shape index (κ1) is 23.3. The van der Waals surface area contributed by atoms with Gasteiger partial charge in [0.15, 0.2) is 11.5 Å². The number of esters is 2.